The second-order valence-electron chi connectivity index (χ2n) is 6.16. The molecule has 0 fully saturated rings. The predicted octanol–water partition coefficient (Wildman–Crippen LogP) is 5.49. The molecule has 1 aromatic carbocycles. The molecule has 0 radical (unpaired) electrons. The van der Waals surface area contributed by atoms with Gasteiger partial charge >= 0.3 is 0 Å². The normalized spacial score (nSPS) is 11.7. The number of rotatable bonds is 13. The molecule has 0 aromatic heterocycles. The minimum Gasteiger partial charge on any atom is -0.270 e. The molecule has 0 spiro atoms. The van der Waals surface area contributed by atoms with Crippen molar-refractivity contribution >= 4 is 10.1 Å². The predicted molar refractivity (Wildman–Crippen MR) is 96.2 cm³/mol. The van der Waals surface area contributed by atoms with Crippen LogP contribution in [0.1, 0.15) is 76.7 Å². The van der Waals surface area contributed by atoms with E-state index < -0.39 is 10.1 Å². The summed E-state index contributed by atoms with van der Waals surface area (Å²) >= 11 is 0. The van der Waals surface area contributed by atoms with Crippen molar-refractivity contribution in [1.29, 1.82) is 0 Å². The molecule has 4 heteroatoms. The third-order valence-corrected chi connectivity index (χ3v) is 5.64. The standard InChI is InChI=1S/C19H32O3S/c1-3-4-5-6-7-8-9-10-11-12-15-18-16-13-14-17-19(18)23(20,21)22-2/h13-14,16-17H,3-12,15H2,1-2H3. The van der Waals surface area contributed by atoms with Crippen LogP contribution in [0.3, 0.4) is 0 Å². The average Bonchev–Trinajstić information content (AvgIpc) is 2.57. The molecule has 0 aliphatic carbocycles. The molecular formula is C19H32O3S. The van der Waals surface area contributed by atoms with E-state index in [0.717, 1.165) is 24.8 Å². The zero-order valence-electron chi connectivity index (χ0n) is 14.7. The molecule has 0 aliphatic heterocycles. The molecule has 0 unspecified atom stereocenters. The van der Waals surface area contributed by atoms with E-state index in [-0.39, 0.29) is 0 Å². The minimum absolute atomic E-state index is 0.318. The highest BCUT2D eigenvalue weighted by molar-refractivity contribution is 7.86. The number of benzene rings is 1. The summed E-state index contributed by atoms with van der Waals surface area (Å²) in [7, 11) is -2.38. The highest BCUT2D eigenvalue weighted by Gasteiger charge is 2.16. The van der Waals surface area contributed by atoms with E-state index in [1.165, 1.54) is 58.5 Å². The fourth-order valence-electron chi connectivity index (χ4n) is 2.85. The Morgan fingerprint density at radius 2 is 1.35 bits per heavy atom. The van der Waals surface area contributed by atoms with Gasteiger partial charge in [0.25, 0.3) is 10.1 Å². The molecule has 1 rings (SSSR count). The average molecular weight is 341 g/mol. The molecule has 0 atom stereocenters. The van der Waals surface area contributed by atoms with Crippen LogP contribution in [0.25, 0.3) is 0 Å². The molecule has 0 amide bonds. The third-order valence-electron chi connectivity index (χ3n) is 4.26. The van der Waals surface area contributed by atoms with Crippen molar-refractivity contribution < 1.29 is 12.6 Å². The first-order chi connectivity index (χ1) is 11.1. The highest BCUT2D eigenvalue weighted by Crippen LogP contribution is 2.20. The van der Waals surface area contributed by atoms with Gasteiger partial charge in [-0.05, 0) is 24.5 Å². The van der Waals surface area contributed by atoms with Crippen LogP contribution in [0.2, 0.25) is 0 Å². The Kier molecular flexibility index (Phi) is 10.2. The Hall–Kier alpha value is -0.870. The number of aryl methyl sites for hydroxylation is 1. The van der Waals surface area contributed by atoms with Crippen LogP contribution < -0.4 is 0 Å². The van der Waals surface area contributed by atoms with Crippen LogP contribution in [0.4, 0.5) is 0 Å². The van der Waals surface area contributed by atoms with Crippen molar-refractivity contribution in [2.45, 2.75) is 82.4 Å². The molecule has 0 bridgehead atoms. The lowest BCUT2D eigenvalue weighted by Crippen LogP contribution is -2.06. The maximum atomic E-state index is 11.9. The molecular weight excluding hydrogens is 308 g/mol. The van der Waals surface area contributed by atoms with Gasteiger partial charge < -0.3 is 0 Å². The summed E-state index contributed by atoms with van der Waals surface area (Å²) in [6.45, 7) is 2.25. The van der Waals surface area contributed by atoms with Gasteiger partial charge in [-0.2, -0.15) is 8.42 Å². The monoisotopic (exact) mass is 340 g/mol. The van der Waals surface area contributed by atoms with Gasteiger partial charge in [0.15, 0.2) is 0 Å². The quantitative estimate of drug-likeness (QED) is 0.352. The van der Waals surface area contributed by atoms with Crippen molar-refractivity contribution in [3.8, 4) is 0 Å². The maximum Gasteiger partial charge on any atom is 0.296 e. The maximum absolute atomic E-state index is 11.9. The summed E-state index contributed by atoms with van der Waals surface area (Å²) in [5, 5.41) is 0. The van der Waals surface area contributed by atoms with Crippen molar-refractivity contribution in [1.82, 2.24) is 0 Å². The Morgan fingerprint density at radius 3 is 1.91 bits per heavy atom. The van der Waals surface area contributed by atoms with Gasteiger partial charge in [-0.1, -0.05) is 82.9 Å². The molecule has 132 valence electrons. The van der Waals surface area contributed by atoms with Gasteiger partial charge in [0, 0.05) is 0 Å². The van der Waals surface area contributed by atoms with Crippen LogP contribution in [0.5, 0.6) is 0 Å². The van der Waals surface area contributed by atoms with Gasteiger partial charge in [0.05, 0.1) is 12.0 Å². The lowest BCUT2D eigenvalue weighted by Gasteiger charge is -2.08. The lowest BCUT2D eigenvalue weighted by atomic mass is 10.0. The number of hydrogen-bond acceptors (Lipinski definition) is 3. The number of unbranched alkanes of at least 4 members (excludes halogenated alkanes) is 9. The Bertz CT molecular complexity index is 523. The molecule has 0 saturated carbocycles. The molecule has 0 saturated heterocycles. The molecule has 23 heavy (non-hydrogen) atoms. The molecule has 0 heterocycles. The van der Waals surface area contributed by atoms with Crippen LogP contribution in [-0.2, 0) is 20.7 Å². The number of hydrogen-bond donors (Lipinski definition) is 0. The van der Waals surface area contributed by atoms with Crippen LogP contribution in [0.15, 0.2) is 29.2 Å². The topological polar surface area (TPSA) is 43.4 Å². The van der Waals surface area contributed by atoms with Crippen molar-refractivity contribution in [3.05, 3.63) is 29.8 Å². The van der Waals surface area contributed by atoms with E-state index in [0.29, 0.717) is 4.90 Å². The van der Waals surface area contributed by atoms with Crippen LogP contribution in [-0.4, -0.2) is 15.5 Å². The van der Waals surface area contributed by atoms with Gasteiger partial charge in [0.2, 0.25) is 0 Å². The van der Waals surface area contributed by atoms with Crippen LogP contribution in [0, 0.1) is 0 Å². The van der Waals surface area contributed by atoms with Gasteiger partial charge in [-0.25, -0.2) is 0 Å². The SMILES string of the molecule is CCCCCCCCCCCCc1ccccc1S(=O)(=O)OC. The molecule has 3 nitrogen and oxygen atoms in total. The smallest absolute Gasteiger partial charge is 0.270 e. The highest BCUT2D eigenvalue weighted by atomic mass is 32.2. The van der Waals surface area contributed by atoms with E-state index >= 15 is 0 Å². The minimum atomic E-state index is -3.59. The van der Waals surface area contributed by atoms with Crippen LogP contribution >= 0.6 is 0 Å². The van der Waals surface area contributed by atoms with Crippen molar-refractivity contribution in [2.24, 2.45) is 0 Å². The van der Waals surface area contributed by atoms with Gasteiger partial charge in [0.1, 0.15) is 0 Å². The summed E-state index contributed by atoms with van der Waals surface area (Å²) in [6, 6.07) is 7.15. The summed E-state index contributed by atoms with van der Waals surface area (Å²) in [4.78, 5) is 0.318. The largest absolute Gasteiger partial charge is 0.296 e. The second-order valence-corrected chi connectivity index (χ2v) is 7.84. The van der Waals surface area contributed by atoms with E-state index in [1.54, 1.807) is 12.1 Å². The summed E-state index contributed by atoms with van der Waals surface area (Å²) in [5.41, 5.74) is 0.869. The molecule has 0 N–H and O–H groups in total. The summed E-state index contributed by atoms with van der Waals surface area (Å²) in [6.07, 6.45) is 13.6. The second kappa shape index (κ2) is 11.6. The first kappa shape index (κ1) is 20.2. The van der Waals surface area contributed by atoms with Crippen molar-refractivity contribution in [3.63, 3.8) is 0 Å². The van der Waals surface area contributed by atoms with Gasteiger partial charge in [-0.15, -0.1) is 0 Å². The van der Waals surface area contributed by atoms with E-state index in [2.05, 4.69) is 11.1 Å². The third kappa shape index (κ3) is 7.98. The first-order valence-electron chi connectivity index (χ1n) is 9.00. The van der Waals surface area contributed by atoms with E-state index in [9.17, 15) is 8.42 Å². The van der Waals surface area contributed by atoms with E-state index in [4.69, 9.17) is 0 Å². The Morgan fingerprint density at radius 1 is 0.826 bits per heavy atom. The fourth-order valence-corrected chi connectivity index (χ4v) is 3.76. The zero-order chi connectivity index (χ0) is 17.0. The summed E-state index contributed by atoms with van der Waals surface area (Å²) < 4.78 is 28.4. The van der Waals surface area contributed by atoms with E-state index in [1.807, 2.05) is 12.1 Å². The van der Waals surface area contributed by atoms with Gasteiger partial charge in [-0.3, -0.25) is 4.18 Å². The zero-order valence-corrected chi connectivity index (χ0v) is 15.5. The Balaban J connectivity index is 2.22. The Labute approximate surface area is 142 Å². The molecule has 0 aliphatic rings. The van der Waals surface area contributed by atoms with Crippen molar-refractivity contribution in [2.75, 3.05) is 7.11 Å². The summed E-state index contributed by atoms with van der Waals surface area (Å²) in [5.74, 6) is 0. The lowest BCUT2D eigenvalue weighted by molar-refractivity contribution is 0.397. The molecule has 1 aromatic rings. The fraction of sp³-hybridized carbons (Fsp3) is 0.684. The first-order valence-corrected chi connectivity index (χ1v) is 10.4.